The maximum Gasteiger partial charge on any atom is 0.0445 e. The number of halogens is 1. The van der Waals surface area contributed by atoms with Crippen LogP contribution in [0.5, 0.6) is 0 Å². The summed E-state index contributed by atoms with van der Waals surface area (Å²) < 4.78 is 1.38. The van der Waals surface area contributed by atoms with E-state index in [2.05, 4.69) is 36.4 Å². The van der Waals surface area contributed by atoms with Crippen molar-refractivity contribution < 1.29 is 0 Å². The molecule has 3 rings (SSSR count). The molecule has 0 saturated carbocycles. The lowest BCUT2D eigenvalue weighted by molar-refractivity contribution is 0.230. The van der Waals surface area contributed by atoms with Crippen LogP contribution in [-0.4, -0.2) is 18.0 Å². The van der Waals surface area contributed by atoms with Crippen molar-refractivity contribution in [3.63, 3.8) is 0 Å². The molecule has 0 fully saturated rings. The summed E-state index contributed by atoms with van der Waals surface area (Å²) >= 11 is 8.23. The highest BCUT2D eigenvalue weighted by molar-refractivity contribution is 7.17. The highest BCUT2D eigenvalue weighted by atomic mass is 35.5. The van der Waals surface area contributed by atoms with Gasteiger partial charge in [-0.25, -0.2) is 0 Å². The minimum absolute atomic E-state index is 0.607. The second-order valence-corrected chi connectivity index (χ2v) is 6.16. The van der Waals surface area contributed by atoms with Crippen molar-refractivity contribution in [3.8, 4) is 0 Å². The number of nitrogens with zero attached hydrogens (tertiary/aromatic N) is 1. The van der Waals surface area contributed by atoms with Gasteiger partial charge in [0.1, 0.15) is 0 Å². The van der Waals surface area contributed by atoms with Crippen LogP contribution < -0.4 is 0 Å². The summed E-state index contributed by atoms with van der Waals surface area (Å²) in [5.74, 6) is 0. The third-order valence-electron chi connectivity index (χ3n) is 3.82. The number of thiophene rings is 1. The Kier molecular flexibility index (Phi) is 2.89. The molecule has 3 heteroatoms. The lowest BCUT2D eigenvalue weighted by Crippen LogP contribution is -2.31. The van der Waals surface area contributed by atoms with Gasteiger partial charge in [-0.2, -0.15) is 0 Å². The van der Waals surface area contributed by atoms with Crippen LogP contribution >= 0.6 is 22.9 Å². The van der Waals surface area contributed by atoms with E-state index in [1.165, 1.54) is 27.6 Å². The maximum absolute atomic E-state index is 6.39. The zero-order valence-corrected chi connectivity index (χ0v) is 11.7. The lowest BCUT2D eigenvalue weighted by atomic mass is 10.0. The molecule has 17 heavy (non-hydrogen) atoms. The summed E-state index contributed by atoms with van der Waals surface area (Å²) in [5.41, 5.74) is 2.80. The molecule has 1 aromatic carbocycles. The molecule has 0 radical (unpaired) electrons. The Morgan fingerprint density at radius 1 is 1.47 bits per heavy atom. The highest BCUT2D eigenvalue weighted by Crippen LogP contribution is 2.37. The van der Waals surface area contributed by atoms with E-state index in [1.807, 2.05) is 11.3 Å². The van der Waals surface area contributed by atoms with Gasteiger partial charge in [-0.05, 0) is 48.5 Å². The molecule has 0 aliphatic carbocycles. The third kappa shape index (κ3) is 1.79. The Morgan fingerprint density at radius 3 is 3.06 bits per heavy atom. The zero-order valence-electron chi connectivity index (χ0n) is 10.2. The summed E-state index contributed by atoms with van der Waals surface area (Å²) in [7, 11) is 2.22. The predicted molar refractivity (Wildman–Crippen MR) is 76.1 cm³/mol. The van der Waals surface area contributed by atoms with Gasteiger partial charge in [-0.15, -0.1) is 11.3 Å². The van der Waals surface area contributed by atoms with Gasteiger partial charge in [0, 0.05) is 27.7 Å². The van der Waals surface area contributed by atoms with Crippen molar-refractivity contribution in [1.29, 1.82) is 0 Å². The summed E-state index contributed by atoms with van der Waals surface area (Å²) in [6, 6.07) is 4.81. The van der Waals surface area contributed by atoms with E-state index in [0.717, 1.165) is 18.0 Å². The minimum atomic E-state index is 0.607. The Labute approximate surface area is 111 Å². The molecule has 1 nitrogen and oxygen atoms in total. The second-order valence-electron chi connectivity index (χ2n) is 4.84. The van der Waals surface area contributed by atoms with Crippen molar-refractivity contribution in [1.82, 2.24) is 4.90 Å². The largest absolute Gasteiger partial charge is 0.299 e. The van der Waals surface area contributed by atoms with Crippen molar-refractivity contribution in [2.24, 2.45) is 0 Å². The average Bonchev–Trinajstić information content (AvgIpc) is 2.64. The van der Waals surface area contributed by atoms with Crippen LogP contribution in [0.1, 0.15) is 24.5 Å². The molecule has 1 aromatic heterocycles. The van der Waals surface area contributed by atoms with Gasteiger partial charge >= 0.3 is 0 Å². The van der Waals surface area contributed by atoms with Crippen LogP contribution in [0.15, 0.2) is 17.5 Å². The van der Waals surface area contributed by atoms with Crippen LogP contribution in [0, 0.1) is 0 Å². The van der Waals surface area contributed by atoms with Gasteiger partial charge < -0.3 is 0 Å². The smallest absolute Gasteiger partial charge is 0.0445 e. The lowest BCUT2D eigenvalue weighted by Gasteiger charge is -2.24. The monoisotopic (exact) mass is 265 g/mol. The summed E-state index contributed by atoms with van der Waals surface area (Å²) in [5, 5.41) is 4.65. The standard InChI is InChI=1S/C14H16ClNS/c1-3-10-6-11-12(15)4-5-13-14(11)9(8-17-13)7-16(10)2/h4-5,8,10H,3,6-7H2,1-2H3. The first-order valence-electron chi connectivity index (χ1n) is 6.08. The highest BCUT2D eigenvalue weighted by Gasteiger charge is 2.23. The van der Waals surface area contributed by atoms with Gasteiger partial charge in [0.25, 0.3) is 0 Å². The molecule has 1 unspecified atom stereocenters. The number of hydrogen-bond acceptors (Lipinski definition) is 2. The number of rotatable bonds is 1. The Morgan fingerprint density at radius 2 is 2.29 bits per heavy atom. The van der Waals surface area contributed by atoms with E-state index in [0.29, 0.717) is 6.04 Å². The number of likely N-dealkylation sites (N-methyl/N-ethyl adjacent to an activating group) is 1. The Balaban J connectivity index is 2.24. The van der Waals surface area contributed by atoms with E-state index < -0.39 is 0 Å². The van der Waals surface area contributed by atoms with Crippen molar-refractivity contribution >= 4 is 33.0 Å². The summed E-state index contributed by atoms with van der Waals surface area (Å²) in [4.78, 5) is 2.46. The molecule has 2 aromatic rings. The van der Waals surface area contributed by atoms with Crippen LogP contribution in [-0.2, 0) is 13.0 Å². The molecular weight excluding hydrogens is 250 g/mol. The first-order valence-corrected chi connectivity index (χ1v) is 7.34. The molecule has 0 bridgehead atoms. The number of hydrogen-bond donors (Lipinski definition) is 0. The van der Waals surface area contributed by atoms with Crippen molar-refractivity contribution in [3.05, 3.63) is 33.7 Å². The maximum atomic E-state index is 6.39. The number of benzene rings is 1. The molecule has 1 aliphatic heterocycles. The molecule has 90 valence electrons. The second kappa shape index (κ2) is 4.27. The van der Waals surface area contributed by atoms with Crippen molar-refractivity contribution in [2.75, 3.05) is 7.05 Å². The topological polar surface area (TPSA) is 3.24 Å². The normalized spacial score (nSPS) is 20.8. The van der Waals surface area contributed by atoms with E-state index >= 15 is 0 Å². The predicted octanol–water partition coefficient (Wildman–Crippen LogP) is 4.32. The minimum Gasteiger partial charge on any atom is -0.299 e. The van der Waals surface area contributed by atoms with Crippen LogP contribution in [0.2, 0.25) is 5.02 Å². The van der Waals surface area contributed by atoms with E-state index in [4.69, 9.17) is 11.6 Å². The van der Waals surface area contributed by atoms with E-state index in [9.17, 15) is 0 Å². The van der Waals surface area contributed by atoms with Crippen molar-refractivity contribution in [2.45, 2.75) is 32.4 Å². The summed E-state index contributed by atoms with van der Waals surface area (Å²) in [6.45, 7) is 3.31. The van der Waals surface area contributed by atoms with Gasteiger partial charge in [-0.3, -0.25) is 4.90 Å². The van der Waals surface area contributed by atoms with Crippen LogP contribution in [0.3, 0.4) is 0 Å². The van der Waals surface area contributed by atoms with Gasteiger partial charge in [-0.1, -0.05) is 18.5 Å². The first-order chi connectivity index (χ1) is 8.20. The fourth-order valence-electron chi connectivity index (χ4n) is 2.81. The molecular formula is C14H16ClNS. The zero-order chi connectivity index (χ0) is 12.0. The third-order valence-corrected chi connectivity index (χ3v) is 5.17. The SMILES string of the molecule is CCC1Cc2c(Cl)ccc3scc(c23)CN1C. The molecule has 0 N–H and O–H groups in total. The van der Waals surface area contributed by atoms with Crippen LogP contribution in [0.25, 0.3) is 10.1 Å². The van der Waals surface area contributed by atoms with Gasteiger partial charge in [0.05, 0.1) is 0 Å². The molecule has 0 amide bonds. The van der Waals surface area contributed by atoms with E-state index in [1.54, 1.807) is 0 Å². The molecule has 1 atom stereocenters. The van der Waals surface area contributed by atoms with E-state index in [-0.39, 0.29) is 0 Å². The van der Waals surface area contributed by atoms with Crippen LogP contribution in [0.4, 0.5) is 0 Å². The average molecular weight is 266 g/mol. The van der Waals surface area contributed by atoms with Gasteiger partial charge in [0.15, 0.2) is 0 Å². The molecule has 2 heterocycles. The quantitative estimate of drug-likeness (QED) is 0.742. The van der Waals surface area contributed by atoms with Gasteiger partial charge in [0.2, 0.25) is 0 Å². The Bertz CT molecular complexity index is 561. The molecule has 0 spiro atoms. The Hall–Kier alpha value is -0.570. The first kappa shape index (κ1) is 11.5. The fraction of sp³-hybridized carbons (Fsp3) is 0.429. The fourth-order valence-corrected chi connectivity index (χ4v) is 4.02. The molecule has 0 saturated heterocycles. The summed E-state index contributed by atoms with van der Waals surface area (Å²) in [6.07, 6.45) is 2.25. The molecule has 1 aliphatic rings.